The van der Waals surface area contributed by atoms with E-state index in [0.29, 0.717) is 18.7 Å². The maximum absolute atomic E-state index is 12.5. The van der Waals surface area contributed by atoms with Crippen LogP contribution in [-0.2, 0) is 11.3 Å². The minimum atomic E-state index is -0.212. The summed E-state index contributed by atoms with van der Waals surface area (Å²) in [4.78, 5) is 33.5. The number of carbonyl (C=O) groups is 2. The number of nitrogens with one attached hydrogen (secondary N) is 1. The third-order valence-corrected chi connectivity index (χ3v) is 6.12. The first-order chi connectivity index (χ1) is 14.1. The van der Waals surface area contributed by atoms with Crippen LogP contribution < -0.4 is 5.32 Å². The lowest BCUT2D eigenvalue weighted by Gasteiger charge is -2.34. The number of rotatable bonds is 5. The molecule has 1 saturated heterocycles. The molecule has 1 aliphatic rings. The molecule has 150 valence electrons. The molecular weight excluding hydrogens is 384 g/mol. The van der Waals surface area contributed by atoms with Crippen molar-refractivity contribution in [1.82, 2.24) is 20.1 Å². The van der Waals surface area contributed by atoms with Crippen LogP contribution in [0.3, 0.4) is 0 Å². The Labute approximate surface area is 174 Å². The van der Waals surface area contributed by atoms with Crippen molar-refractivity contribution in [1.29, 1.82) is 0 Å². The first-order valence-corrected chi connectivity index (χ1v) is 10.6. The Morgan fingerprint density at radius 2 is 1.86 bits per heavy atom. The van der Waals surface area contributed by atoms with Crippen LogP contribution in [0.2, 0.25) is 0 Å². The number of hydrogen-bond acceptors (Lipinski definition) is 5. The highest BCUT2D eigenvalue weighted by molar-refractivity contribution is 7.18. The van der Waals surface area contributed by atoms with E-state index in [1.807, 2.05) is 48.2 Å². The number of thiazole rings is 1. The van der Waals surface area contributed by atoms with E-state index < -0.39 is 0 Å². The number of piperazine rings is 1. The van der Waals surface area contributed by atoms with Crippen molar-refractivity contribution in [2.24, 2.45) is 0 Å². The van der Waals surface area contributed by atoms with E-state index >= 15 is 0 Å². The summed E-state index contributed by atoms with van der Waals surface area (Å²) in [5.41, 5.74) is 2.65. The summed E-state index contributed by atoms with van der Waals surface area (Å²) < 4.78 is 1.21. The van der Waals surface area contributed by atoms with E-state index in [1.165, 1.54) is 4.70 Å². The average Bonchev–Trinajstić information content (AvgIpc) is 3.14. The largest absolute Gasteiger partial charge is 0.343 e. The smallest absolute Gasteiger partial charge is 0.251 e. The van der Waals surface area contributed by atoms with Crippen molar-refractivity contribution in [3.05, 3.63) is 64.7 Å². The molecule has 1 aromatic heterocycles. The van der Waals surface area contributed by atoms with Crippen molar-refractivity contribution >= 4 is 33.4 Å². The monoisotopic (exact) mass is 408 g/mol. The summed E-state index contributed by atoms with van der Waals surface area (Å²) >= 11 is 1.73. The van der Waals surface area contributed by atoms with Crippen LogP contribution >= 0.6 is 11.3 Å². The number of para-hydroxylation sites is 1. The Morgan fingerprint density at radius 1 is 1.07 bits per heavy atom. The molecule has 0 radical (unpaired) electrons. The molecule has 0 unspecified atom stereocenters. The lowest BCUT2D eigenvalue weighted by molar-refractivity contribution is -0.131. The SMILES string of the molecule is Cc1cccc(C(=O)NCC(=O)N2CCN(Cc3nc4ccccc4s3)CC2)c1. The molecule has 2 amide bonds. The van der Waals surface area contributed by atoms with Crippen LogP contribution in [0.5, 0.6) is 0 Å². The Morgan fingerprint density at radius 3 is 2.62 bits per heavy atom. The first kappa shape index (κ1) is 19.5. The fourth-order valence-electron chi connectivity index (χ4n) is 3.49. The maximum Gasteiger partial charge on any atom is 0.251 e. The van der Waals surface area contributed by atoms with Gasteiger partial charge in [0.05, 0.1) is 23.3 Å². The molecule has 29 heavy (non-hydrogen) atoms. The molecule has 0 bridgehead atoms. The Hall–Kier alpha value is -2.77. The summed E-state index contributed by atoms with van der Waals surface area (Å²) in [6.45, 7) is 5.75. The Balaban J connectivity index is 1.24. The molecular formula is C22H24N4O2S. The molecule has 1 fully saturated rings. The van der Waals surface area contributed by atoms with Gasteiger partial charge in [-0.1, -0.05) is 29.8 Å². The molecule has 6 nitrogen and oxygen atoms in total. The van der Waals surface area contributed by atoms with Gasteiger partial charge in [0.15, 0.2) is 0 Å². The average molecular weight is 409 g/mol. The lowest BCUT2D eigenvalue weighted by atomic mass is 10.1. The van der Waals surface area contributed by atoms with Gasteiger partial charge < -0.3 is 10.2 Å². The number of fused-ring (bicyclic) bond motifs is 1. The highest BCUT2D eigenvalue weighted by Gasteiger charge is 2.22. The van der Waals surface area contributed by atoms with Crippen LogP contribution in [0.15, 0.2) is 48.5 Å². The number of aromatic nitrogens is 1. The molecule has 0 spiro atoms. The molecule has 4 rings (SSSR count). The normalized spacial score (nSPS) is 14.9. The van der Waals surface area contributed by atoms with E-state index in [-0.39, 0.29) is 18.4 Å². The molecule has 2 aromatic carbocycles. The van der Waals surface area contributed by atoms with Crippen LogP contribution in [0, 0.1) is 6.92 Å². The molecule has 1 aliphatic heterocycles. The third-order valence-electron chi connectivity index (χ3n) is 5.10. The summed E-state index contributed by atoms with van der Waals surface area (Å²) in [6.07, 6.45) is 0. The zero-order valence-electron chi connectivity index (χ0n) is 16.4. The summed E-state index contributed by atoms with van der Waals surface area (Å²) in [5, 5.41) is 3.84. The van der Waals surface area contributed by atoms with Crippen LogP contribution in [0.4, 0.5) is 0 Å². The first-order valence-electron chi connectivity index (χ1n) is 9.78. The van der Waals surface area contributed by atoms with E-state index in [4.69, 9.17) is 4.98 Å². The molecule has 0 atom stereocenters. The predicted molar refractivity (Wildman–Crippen MR) is 115 cm³/mol. The highest BCUT2D eigenvalue weighted by atomic mass is 32.1. The number of aryl methyl sites for hydroxylation is 1. The zero-order valence-corrected chi connectivity index (χ0v) is 17.2. The fourth-order valence-corrected chi connectivity index (χ4v) is 4.50. The predicted octanol–water partition coefficient (Wildman–Crippen LogP) is 2.68. The van der Waals surface area contributed by atoms with Gasteiger partial charge in [0.25, 0.3) is 5.91 Å². The number of hydrogen-bond donors (Lipinski definition) is 1. The lowest BCUT2D eigenvalue weighted by Crippen LogP contribution is -2.50. The van der Waals surface area contributed by atoms with Crippen molar-refractivity contribution in [3.63, 3.8) is 0 Å². The summed E-state index contributed by atoms with van der Waals surface area (Å²) in [6, 6.07) is 15.5. The quantitative estimate of drug-likeness (QED) is 0.705. The van der Waals surface area contributed by atoms with Crippen LogP contribution in [-0.4, -0.2) is 59.3 Å². The van der Waals surface area contributed by atoms with Crippen molar-refractivity contribution < 1.29 is 9.59 Å². The van der Waals surface area contributed by atoms with E-state index in [1.54, 1.807) is 17.4 Å². The van der Waals surface area contributed by atoms with E-state index in [2.05, 4.69) is 16.3 Å². The van der Waals surface area contributed by atoms with Gasteiger partial charge in [-0.2, -0.15) is 0 Å². The fraction of sp³-hybridized carbons (Fsp3) is 0.318. The molecule has 1 N–H and O–H groups in total. The van der Waals surface area contributed by atoms with Gasteiger partial charge in [0.1, 0.15) is 5.01 Å². The Bertz CT molecular complexity index is 991. The third kappa shape index (κ3) is 4.81. The molecule has 0 aliphatic carbocycles. The minimum absolute atomic E-state index is 0.0324. The highest BCUT2D eigenvalue weighted by Crippen LogP contribution is 2.23. The second-order valence-electron chi connectivity index (χ2n) is 7.28. The zero-order chi connectivity index (χ0) is 20.2. The standard InChI is InChI=1S/C22H24N4O2S/c1-16-5-4-6-17(13-16)22(28)23-14-21(27)26-11-9-25(10-12-26)15-20-24-18-7-2-3-8-19(18)29-20/h2-8,13H,9-12,14-15H2,1H3,(H,23,28). The van der Waals surface area contributed by atoms with Gasteiger partial charge >= 0.3 is 0 Å². The van der Waals surface area contributed by atoms with Gasteiger partial charge in [-0.05, 0) is 31.2 Å². The summed E-state index contributed by atoms with van der Waals surface area (Å²) in [5.74, 6) is -0.248. The molecule has 2 heterocycles. The van der Waals surface area contributed by atoms with Crippen LogP contribution in [0.25, 0.3) is 10.2 Å². The van der Waals surface area contributed by atoms with Gasteiger partial charge in [-0.15, -0.1) is 11.3 Å². The van der Waals surface area contributed by atoms with Crippen molar-refractivity contribution in [2.45, 2.75) is 13.5 Å². The second kappa shape index (κ2) is 8.71. The van der Waals surface area contributed by atoms with Gasteiger partial charge in [-0.3, -0.25) is 14.5 Å². The maximum atomic E-state index is 12.5. The van der Waals surface area contributed by atoms with E-state index in [0.717, 1.165) is 35.7 Å². The molecule has 3 aromatic rings. The van der Waals surface area contributed by atoms with Gasteiger partial charge in [0.2, 0.25) is 5.91 Å². The van der Waals surface area contributed by atoms with Gasteiger partial charge in [0, 0.05) is 31.7 Å². The number of amides is 2. The summed E-state index contributed by atoms with van der Waals surface area (Å²) in [7, 11) is 0. The topological polar surface area (TPSA) is 65.5 Å². The van der Waals surface area contributed by atoms with Crippen molar-refractivity contribution in [2.75, 3.05) is 32.7 Å². The van der Waals surface area contributed by atoms with Gasteiger partial charge in [-0.25, -0.2) is 4.98 Å². The van der Waals surface area contributed by atoms with E-state index in [9.17, 15) is 9.59 Å². The van der Waals surface area contributed by atoms with Crippen LogP contribution in [0.1, 0.15) is 20.9 Å². The number of carbonyl (C=O) groups excluding carboxylic acids is 2. The molecule has 7 heteroatoms. The van der Waals surface area contributed by atoms with Crippen molar-refractivity contribution in [3.8, 4) is 0 Å². The minimum Gasteiger partial charge on any atom is -0.343 e. The Kier molecular flexibility index (Phi) is 5.87. The number of nitrogens with zero attached hydrogens (tertiary/aromatic N) is 3. The number of benzene rings is 2. The second-order valence-corrected chi connectivity index (χ2v) is 8.40. The molecule has 0 saturated carbocycles.